The highest BCUT2D eigenvalue weighted by atomic mass is 32.2. The van der Waals surface area contributed by atoms with Crippen LogP contribution in [0.15, 0.2) is 58.0 Å². The second-order valence-electron chi connectivity index (χ2n) is 5.27. The number of rotatable bonds is 5. The number of hydrogen-bond acceptors (Lipinski definition) is 7. The molecule has 0 bridgehead atoms. The summed E-state index contributed by atoms with van der Waals surface area (Å²) in [6, 6.07) is 7.17. The lowest BCUT2D eigenvalue weighted by atomic mass is 10.1. The van der Waals surface area contributed by atoms with Gasteiger partial charge in [0.25, 0.3) is 0 Å². The first-order valence-electron chi connectivity index (χ1n) is 7.66. The van der Waals surface area contributed by atoms with Gasteiger partial charge in [-0.25, -0.2) is 18.2 Å². The number of thiophene rings is 1. The number of carbonyl (C=O) groups is 1. The molecule has 0 radical (unpaired) electrons. The van der Waals surface area contributed by atoms with Crippen molar-refractivity contribution in [1.82, 2.24) is 15.3 Å². The largest absolute Gasteiger partial charge is 0.444 e. The lowest BCUT2D eigenvalue weighted by molar-refractivity contribution is 0.143. The highest BCUT2D eigenvalue weighted by Crippen LogP contribution is 2.39. The average molecular weight is 407 g/mol. The van der Waals surface area contributed by atoms with Gasteiger partial charge in [0.15, 0.2) is 0 Å². The van der Waals surface area contributed by atoms with E-state index in [1.165, 1.54) is 56.0 Å². The number of pyridine rings is 2. The monoisotopic (exact) mass is 407 g/mol. The van der Waals surface area contributed by atoms with Gasteiger partial charge in [0.05, 0.1) is 4.90 Å². The average Bonchev–Trinajstić information content (AvgIpc) is 3.12. The van der Waals surface area contributed by atoms with E-state index in [4.69, 9.17) is 4.74 Å². The number of alkyl carbamates (subject to hydrolysis) is 1. The summed E-state index contributed by atoms with van der Waals surface area (Å²) in [7, 11) is -2.52. The van der Waals surface area contributed by atoms with Crippen LogP contribution in [0.3, 0.4) is 0 Å². The van der Waals surface area contributed by atoms with Gasteiger partial charge in [-0.05, 0) is 30.3 Å². The number of ether oxygens (including phenoxy) is 1. The first kappa shape index (κ1) is 18.9. The van der Waals surface area contributed by atoms with E-state index >= 15 is 0 Å². The zero-order valence-corrected chi connectivity index (χ0v) is 15.7. The normalized spacial score (nSPS) is 11.2. The second-order valence-corrected chi connectivity index (χ2v) is 8.55. The fourth-order valence-corrected chi connectivity index (χ4v) is 5.31. The Morgan fingerprint density at radius 3 is 2.63 bits per heavy atom. The molecule has 0 aliphatic rings. The van der Waals surface area contributed by atoms with E-state index in [1.807, 2.05) is 0 Å². The molecule has 0 saturated carbocycles. The SMILES string of the molecule is CNC(=O)OCc1cc(-c2cccnc2F)c(S(=O)(=O)c2ccncc2)s1. The van der Waals surface area contributed by atoms with E-state index in [-0.39, 0.29) is 26.8 Å². The molecule has 1 amide bonds. The molecule has 0 spiro atoms. The van der Waals surface area contributed by atoms with Crippen LogP contribution in [0.2, 0.25) is 0 Å². The van der Waals surface area contributed by atoms with Gasteiger partial charge in [0.2, 0.25) is 15.8 Å². The van der Waals surface area contributed by atoms with Crippen LogP contribution in [0.5, 0.6) is 0 Å². The van der Waals surface area contributed by atoms with Crippen molar-refractivity contribution in [2.75, 3.05) is 7.05 Å². The van der Waals surface area contributed by atoms with Crippen molar-refractivity contribution in [2.24, 2.45) is 0 Å². The maximum absolute atomic E-state index is 14.2. The molecule has 3 aromatic rings. The maximum Gasteiger partial charge on any atom is 0.407 e. The summed E-state index contributed by atoms with van der Waals surface area (Å²) in [6.45, 7) is -0.148. The Morgan fingerprint density at radius 2 is 1.96 bits per heavy atom. The molecule has 7 nitrogen and oxygen atoms in total. The predicted molar refractivity (Wildman–Crippen MR) is 96.4 cm³/mol. The second kappa shape index (κ2) is 7.80. The number of halogens is 1. The third-order valence-corrected chi connectivity index (χ3v) is 6.96. The number of nitrogens with zero attached hydrogens (tertiary/aromatic N) is 2. The van der Waals surface area contributed by atoms with Crippen LogP contribution in [-0.2, 0) is 21.2 Å². The summed E-state index contributed by atoms with van der Waals surface area (Å²) >= 11 is 0.909. The van der Waals surface area contributed by atoms with Crippen LogP contribution in [-0.4, -0.2) is 31.5 Å². The smallest absolute Gasteiger partial charge is 0.407 e. The lowest BCUT2D eigenvalue weighted by Gasteiger charge is -2.06. The van der Waals surface area contributed by atoms with Crippen LogP contribution in [0.25, 0.3) is 11.1 Å². The maximum atomic E-state index is 14.2. The number of nitrogens with one attached hydrogen (secondary N) is 1. The molecule has 1 N–H and O–H groups in total. The fourth-order valence-electron chi connectivity index (χ4n) is 2.30. The van der Waals surface area contributed by atoms with E-state index in [0.29, 0.717) is 4.88 Å². The topological polar surface area (TPSA) is 98.2 Å². The van der Waals surface area contributed by atoms with Crippen LogP contribution in [0.1, 0.15) is 4.88 Å². The molecule has 140 valence electrons. The number of hydrogen-bond donors (Lipinski definition) is 1. The predicted octanol–water partition coefficient (Wildman–Crippen LogP) is 3.03. The molecule has 0 aliphatic carbocycles. The molecule has 3 aromatic heterocycles. The van der Waals surface area contributed by atoms with Crippen LogP contribution < -0.4 is 5.32 Å². The summed E-state index contributed by atoms with van der Waals surface area (Å²) in [4.78, 5) is 19.2. The van der Waals surface area contributed by atoms with Gasteiger partial charge in [0.1, 0.15) is 10.8 Å². The standard InChI is InChI=1S/C17H14FN3O4S2/c1-19-17(22)25-10-11-9-14(13-3-2-6-21-15(13)18)16(26-11)27(23,24)12-4-7-20-8-5-12/h2-9H,10H2,1H3,(H,19,22). The zero-order valence-electron chi connectivity index (χ0n) is 14.0. The molecular formula is C17H14FN3O4S2. The van der Waals surface area contributed by atoms with Gasteiger partial charge in [-0.2, -0.15) is 4.39 Å². The van der Waals surface area contributed by atoms with Crippen molar-refractivity contribution < 1.29 is 22.3 Å². The van der Waals surface area contributed by atoms with Crippen LogP contribution in [0, 0.1) is 5.95 Å². The molecule has 3 heterocycles. The third kappa shape index (κ3) is 3.96. The fraction of sp³-hybridized carbons (Fsp3) is 0.118. The summed E-state index contributed by atoms with van der Waals surface area (Å²) < 4.78 is 45.3. The Bertz CT molecular complexity index is 1070. The van der Waals surface area contributed by atoms with Crippen molar-refractivity contribution >= 4 is 27.3 Å². The minimum absolute atomic E-state index is 0.0312. The number of amides is 1. The van der Waals surface area contributed by atoms with E-state index in [9.17, 15) is 17.6 Å². The van der Waals surface area contributed by atoms with Crippen LogP contribution >= 0.6 is 11.3 Å². The number of carbonyl (C=O) groups excluding carboxylic acids is 1. The zero-order chi connectivity index (χ0) is 19.4. The minimum atomic E-state index is -3.93. The Hall–Kier alpha value is -2.85. The molecule has 0 aromatic carbocycles. The van der Waals surface area contributed by atoms with Gasteiger partial charge in [-0.3, -0.25) is 4.98 Å². The summed E-state index contributed by atoms with van der Waals surface area (Å²) in [5.41, 5.74) is 0.213. The third-order valence-electron chi connectivity index (χ3n) is 3.55. The Kier molecular flexibility index (Phi) is 5.47. The first-order chi connectivity index (χ1) is 12.9. The van der Waals surface area contributed by atoms with Gasteiger partial charge in [-0.1, -0.05) is 0 Å². The van der Waals surface area contributed by atoms with Crippen molar-refractivity contribution in [3.05, 3.63) is 59.7 Å². The molecule has 27 heavy (non-hydrogen) atoms. The molecule has 0 atom stereocenters. The first-order valence-corrected chi connectivity index (χ1v) is 9.96. The summed E-state index contributed by atoms with van der Waals surface area (Å²) in [5.74, 6) is -0.791. The minimum Gasteiger partial charge on any atom is -0.444 e. The van der Waals surface area contributed by atoms with E-state index in [2.05, 4.69) is 15.3 Å². The quantitative estimate of drug-likeness (QED) is 0.653. The number of sulfone groups is 1. The van der Waals surface area contributed by atoms with E-state index in [1.54, 1.807) is 0 Å². The molecule has 0 saturated heterocycles. The van der Waals surface area contributed by atoms with Gasteiger partial charge >= 0.3 is 6.09 Å². The molecule has 0 unspecified atom stereocenters. The van der Waals surface area contributed by atoms with Crippen molar-refractivity contribution in [2.45, 2.75) is 15.7 Å². The molecular weight excluding hydrogens is 393 g/mol. The van der Waals surface area contributed by atoms with E-state index in [0.717, 1.165) is 11.3 Å². The van der Waals surface area contributed by atoms with E-state index < -0.39 is 21.9 Å². The van der Waals surface area contributed by atoms with Crippen molar-refractivity contribution in [1.29, 1.82) is 0 Å². The van der Waals surface area contributed by atoms with Crippen molar-refractivity contribution in [3.8, 4) is 11.1 Å². The Morgan fingerprint density at radius 1 is 1.22 bits per heavy atom. The molecule has 0 aliphatic heterocycles. The molecule has 3 rings (SSSR count). The molecule has 0 fully saturated rings. The highest BCUT2D eigenvalue weighted by molar-refractivity contribution is 7.93. The van der Waals surface area contributed by atoms with Crippen molar-refractivity contribution in [3.63, 3.8) is 0 Å². The van der Waals surface area contributed by atoms with Gasteiger partial charge < -0.3 is 10.1 Å². The highest BCUT2D eigenvalue weighted by Gasteiger charge is 2.27. The summed E-state index contributed by atoms with van der Waals surface area (Å²) in [6.07, 6.45) is 3.34. The lowest BCUT2D eigenvalue weighted by Crippen LogP contribution is -2.18. The van der Waals surface area contributed by atoms with Crippen LogP contribution in [0.4, 0.5) is 9.18 Å². The van der Waals surface area contributed by atoms with Gasteiger partial charge in [0, 0.05) is 41.6 Å². The summed E-state index contributed by atoms with van der Waals surface area (Å²) in [5, 5.41) is 2.30. The Balaban J connectivity index is 2.12. The molecule has 10 heteroatoms. The Labute approximate surface area is 158 Å². The number of aromatic nitrogens is 2. The van der Waals surface area contributed by atoms with Gasteiger partial charge in [-0.15, -0.1) is 11.3 Å².